The molecule has 1 heterocycles. The summed E-state index contributed by atoms with van der Waals surface area (Å²) in [5, 5.41) is 4.37. The molecule has 0 aliphatic carbocycles. The summed E-state index contributed by atoms with van der Waals surface area (Å²) in [6.07, 6.45) is 1.16. The van der Waals surface area contributed by atoms with Crippen molar-refractivity contribution >= 4 is 5.82 Å². The quantitative estimate of drug-likeness (QED) is 0.681. The van der Waals surface area contributed by atoms with Crippen molar-refractivity contribution in [3.05, 3.63) is 11.8 Å². The first-order valence-electron chi connectivity index (χ1n) is 4.37. The monoisotopic (exact) mass is 167 g/mol. The summed E-state index contributed by atoms with van der Waals surface area (Å²) in [6.45, 7) is 5.30. The van der Waals surface area contributed by atoms with Gasteiger partial charge in [-0.05, 0) is 13.3 Å². The third-order valence-electron chi connectivity index (χ3n) is 2.05. The largest absolute Gasteiger partial charge is 0.358 e. The van der Waals surface area contributed by atoms with Crippen molar-refractivity contribution in [3.8, 4) is 0 Å². The zero-order valence-electron chi connectivity index (χ0n) is 8.33. The Kier molecular flexibility index (Phi) is 2.74. The van der Waals surface area contributed by atoms with Gasteiger partial charge in [0.05, 0.1) is 0 Å². The first kappa shape index (κ1) is 9.10. The fraction of sp³-hybridized carbons (Fsp3) is 0.667. The van der Waals surface area contributed by atoms with Crippen LogP contribution in [0.4, 0.5) is 5.82 Å². The van der Waals surface area contributed by atoms with E-state index >= 15 is 0 Å². The van der Waals surface area contributed by atoms with Gasteiger partial charge in [-0.25, -0.2) is 0 Å². The first-order valence-corrected chi connectivity index (χ1v) is 4.37. The number of rotatable bonds is 3. The molecule has 0 saturated heterocycles. The highest BCUT2D eigenvalue weighted by molar-refractivity contribution is 5.38. The Balaban J connectivity index is 2.74. The Morgan fingerprint density at radius 3 is 2.67 bits per heavy atom. The van der Waals surface area contributed by atoms with E-state index in [4.69, 9.17) is 0 Å². The van der Waals surface area contributed by atoms with Gasteiger partial charge in [-0.2, -0.15) is 5.10 Å². The molecule has 0 radical (unpaired) electrons. The second kappa shape index (κ2) is 3.61. The van der Waals surface area contributed by atoms with E-state index < -0.39 is 0 Å². The van der Waals surface area contributed by atoms with Gasteiger partial charge in [-0.15, -0.1) is 0 Å². The van der Waals surface area contributed by atoms with Crippen molar-refractivity contribution in [1.29, 1.82) is 0 Å². The molecule has 0 fully saturated rings. The Morgan fingerprint density at radius 2 is 2.25 bits per heavy atom. The van der Waals surface area contributed by atoms with Crippen LogP contribution in [0, 0.1) is 6.92 Å². The van der Waals surface area contributed by atoms with Crippen LogP contribution >= 0.6 is 0 Å². The molecule has 0 atom stereocenters. The van der Waals surface area contributed by atoms with Crippen molar-refractivity contribution in [2.24, 2.45) is 7.05 Å². The van der Waals surface area contributed by atoms with E-state index in [1.54, 1.807) is 0 Å². The summed E-state index contributed by atoms with van der Waals surface area (Å²) < 4.78 is 1.90. The number of aromatic nitrogens is 2. The van der Waals surface area contributed by atoms with Crippen molar-refractivity contribution in [2.75, 3.05) is 18.5 Å². The first-order chi connectivity index (χ1) is 5.65. The zero-order valence-corrected chi connectivity index (χ0v) is 8.33. The maximum absolute atomic E-state index is 4.37. The van der Waals surface area contributed by atoms with Gasteiger partial charge in [0.1, 0.15) is 0 Å². The molecule has 12 heavy (non-hydrogen) atoms. The molecule has 1 aromatic heterocycles. The Bertz CT molecular complexity index is 233. The fourth-order valence-corrected chi connectivity index (χ4v) is 1.18. The fourth-order valence-electron chi connectivity index (χ4n) is 1.18. The second-order valence-corrected chi connectivity index (χ2v) is 3.19. The Morgan fingerprint density at radius 1 is 1.58 bits per heavy atom. The van der Waals surface area contributed by atoms with Crippen LogP contribution < -0.4 is 4.90 Å². The second-order valence-electron chi connectivity index (χ2n) is 3.19. The molecule has 0 saturated carbocycles. The number of hydrogen-bond donors (Lipinski definition) is 0. The van der Waals surface area contributed by atoms with Crippen LogP contribution in [0.5, 0.6) is 0 Å². The summed E-state index contributed by atoms with van der Waals surface area (Å²) in [6, 6.07) is 2.11. The lowest BCUT2D eigenvalue weighted by molar-refractivity contribution is 0.726. The minimum absolute atomic E-state index is 1.07. The molecule has 0 bridgehead atoms. The molecule has 0 spiro atoms. The molecule has 0 aliphatic heterocycles. The maximum atomic E-state index is 4.37. The van der Waals surface area contributed by atoms with E-state index in [1.807, 2.05) is 11.7 Å². The smallest absolute Gasteiger partial charge is 0.150 e. The predicted octanol–water partition coefficient (Wildman–Crippen LogP) is 1.57. The minimum atomic E-state index is 1.07. The number of hydrogen-bond acceptors (Lipinski definition) is 2. The van der Waals surface area contributed by atoms with Gasteiger partial charge in [0, 0.05) is 32.4 Å². The van der Waals surface area contributed by atoms with E-state index in [1.165, 1.54) is 5.69 Å². The zero-order chi connectivity index (χ0) is 9.14. The summed E-state index contributed by atoms with van der Waals surface area (Å²) in [4.78, 5) is 2.17. The minimum Gasteiger partial charge on any atom is -0.358 e. The Hall–Kier alpha value is -0.990. The lowest BCUT2D eigenvalue weighted by Gasteiger charge is -2.13. The Labute approximate surface area is 74.0 Å². The molecule has 68 valence electrons. The van der Waals surface area contributed by atoms with Crippen molar-refractivity contribution in [2.45, 2.75) is 20.3 Å². The number of nitrogens with zero attached hydrogens (tertiary/aromatic N) is 3. The predicted molar refractivity (Wildman–Crippen MR) is 51.5 cm³/mol. The lowest BCUT2D eigenvalue weighted by Crippen LogP contribution is -2.18. The highest BCUT2D eigenvalue weighted by Gasteiger charge is 2.04. The van der Waals surface area contributed by atoms with Crippen molar-refractivity contribution < 1.29 is 0 Å². The SMILES string of the molecule is CCCN(C)c1cc(C)n(C)n1. The molecule has 1 aromatic rings. The number of aryl methyl sites for hydroxylation is 2. The van der Waals surface area contributed by atoms with Gasteiger partial charge in [-0.1, -0.05) is 6.92 Å². The maximum Gasteiger partial charge on any atom is 0.150 e. The summed E-state index contributed by atoms with van der Waals surface area (Å²) in [5.74, 6) is 1.07. The van der Waals surface area contributed by atoms with Gasteiger partial charge in [0.15, 0.2) is 5.82 Å². The summed E-state index contributed by atoms with van der Waals surface area (Å²) >= 11 is 0. The average Bonchev–Trinajstić information content (AvgIpc) is 2.33. The van der Waals surface area contributed by atoms with Crippen LogP contribution in [0.2, 0.25) is 0 Å². The molecule has 0 aliphatic rings. The molecule has 3 heteroatoms. The van der Waals surface area contributed by atoms with Crippen LogP contribution in [0.15, 0.2) is 6.07 Å². The average molecular weight is 167 g/mol. The lowest BCUT2D eigenvalue weighted by atomic mass is 10.4. The van der Waals surface area contributed by atoms with Crippen LogP contribution in [0.25, 0.3) is 0 Å². The van der Waals surface area contributed by atoms with E-state index in [9.17, 15) is 0 Å². The van der Waals surface area contributed by atoms with Gasteiger partial charge in [-0.3, -0.25) is 4.68 Å². The molecule has 0 unspecified atom stereocenters. The molecule has 0 aromatic carbocycles. The van der Waals surface area contributed by atoms with E-state index in [0.29, 0.717) is 0 Å². The molecule has 3 nitrogen and oxygen atoms in total. The standard InChI is InChI=1S/C9H17N3/c1-5-6-11(3)9-7-8(2)12(4)10-9/h7H,5-6H2,1-4H3. The van der Waals surface area contributed by atoms with Gasteiger partial charge in [0.25, 0.3) is 0 Å². The molecule has 0 N–H and O–H groups in total. The number of anilines is 1. The molecular weight excluding hydrogens is 150 g/mol. The van der Waals surface area contributed by atoms with Crippen LogP contribution in [-0.2, 0) is 7.05 Å². The molecule has 1 rings (SSSR count). The summed E-state index contributed by atoms with van der Waals surface area (Å²) in [7, 11) is 4.05. The van der Waals surface area contributed by atoms with Crippen molar-refractivity contribution in [3.63, 3.8) is 0 Å². The molecule has 0 amide bonds. The van der Waals surface area contributed by atoms with Crippen LogP contribution in [-0.4, -0.2) is 23.4 Å². The molecular formula is C9H17N3. The summed E-state index contributed by atoms with van der Waals surface area (Å²) in [5.41, 5.74) is 1.20. The third kappa shape index (κ3) is 1.78. The normalized spacial score (nSPS) is 10.3. The van der Waals surface area contributed by atoms with Crippen LogP contribution in [0.3, 0.4) is 0 Å². The highest BCUT2D eigenvalue weighted by Crippen LogP contribution is 2.11. The van der Waals surface area contributed by atoms with E-state index in [-0.39, 0.29) is 0 Å². The topological polar surface area (TPSA) is 21.1 Å². The van der Waals surface area contributed by atoms with Crippen LogP contribution in [0.1, 0.15) is 19.0 Å². The van der Waals surface area contributed by atoms with Gasteiger partial charge >= 0.3 is 0 Å². The van der Waals surface area contributed by atoms with E-state index in [2.05, 4.69) is 37.0 Å². The highest BCUT2D eigenvalue weighted by atomic mass is 15.3. The van der Waals surface area contributed by atoms with E-state index in [0.717, 1.165) is 18.8 Å². The third-order valence-corrected chi connectivity index (χ3v) is 2.05. The van der Waals surface area contributed by atoms with Crippen molar-refractivity contribution in [1.82, 2.24) is 9.78 Å². The van der Waals surface area contributed by atoms with Gasteiger partial charge in [0.2, 0.25) is 0 Å². The van der Waals surface area contributed by atoms with Gasteiger partial charge < -0.3 is 4.90 Å².